The number of ether oxygens (including phenoxy) is 1. The van der Waals surface area contributed by atoms with E-state index in [0.29, 0.717) is 10.5 Å². The number of Topliss-reactive ketones (excluding diaryl/α,β-unsaturated/α-hetero) is 1. The van der Waals surface area contributed by atoms with Gasteiger partial charge in [-0.2, -0.15) is 0 Å². The number of carbonyl (C=O) groups excluding carboxylic acids is 4. The Labute approximate surface area is 206 Å². The van der Waals surface area contributed by atoms with Crippen molar-refractivity contribution in [1.82, 2.24) is 4.90 Å². The van der Waals surface area contributed by atoms with Gasteiger partial charge in [-0.3, -0.25) is 19.3 Å². The second-order valence-electron chi connectivity index (χ2n) is 7.81. The van der Waals surface area contributed by atoms with Gasteiger partial charge in [0.1, 0.15) is 15.9 Å². The van der Waals surface area contributed by atoms with Crippen molar-refractivity contribution < 1.29 is 32.3 Å². The van der Waals surface area contributed by atoms with E-state index in [1.54, 1.807) is 24.3 Å². The summed E-state index contributed by atoms with van der Waals surface area (Å²) in [6.07, 6.45) is 1.35. The molecule has 0 bridgehead atoms. The number of carbonyl (C=O) groups is 4. The molecule has 2 amide bonds. The molecule has 180 valence electrons. The molecular formula is C23H21Cl2NO7S. The molecule has 0 spiro atoms. The maximum atomic E-state index is 12.9. The number of nitrogens with zero attached hydrogens (tertiary/aromatic N) is 1. The Morgan fingerprint density at radius 1 is 1.00 bits per heavy atom. The first-order chi connectivity index (χ1) is 15.9. The molecule has 0 N–H and O–H groups in total. The Kier molecular flexibility index (Phi) is 7.80. The van der Waals surface area contributed by atoms with Gasteiger partial charge < -0.3 is 4.74 Å². The summed E-state index contributed by atoms with van der Waals surface area (Å²) in [5.41, 5.74) is 1.22. The molecule has 0 fully saturated rings. The Bertz CT molecular complexity index is 1230. The quantitative estimate of drug-likeness (QED) is 0.280. The van der Waals surface area contributed by atoms with Crippen molar-refractivity contribution in [1.29, 1.82) is 0 Å². The molecule has 1 aliphatic heterocycles. The number of halogens is 2. The molecule has 1 aliphatic rings. The average molecular weight is 526 g/mol. The third-order valence-corrected chi connectivity index (χ3v) is 7.03. The Morgan fingerprint density at radius 2 is 1.53 bits per heavy atom. The smallest absolute Gasteiger partial charge is 0.329 e. The third kappa shape index (κ3) is 5.65. The summed E-state index contributed by atoms with van der Waals surface area (Å²) < 4.78 is 28.6. The van der Waals surface area contributed by atoms with E-state index in [2.05, 4.69) is 0 Å². The molecule has 0 radical (unpaired) electrons. The largest absolute Gasteiger partial charge is 0.456 e. The highest BCUT2D eigenvalue weighted by Crippen LogP contribution is 2.33. The van der Waals surface area contributed by atoms with Gasteiger partial charge in [-0.15, -0.1) is 0 Å². The minimum Gasteiger partial charge on any atom is -0.456 e. The number of esters is 1. The Morgan fingerprint density at radius 3 is 2.00 bits per heavy atom. The fraction of sp³-hybridized carbons (Fsp3) is 0.304. The summed E-state index contributed by atoms with van der Waals surface area (Å²) in [6, 6.07) is 7.62. The molecule has 8 nitrogen and oxygen atoms in total. The van der Waals surface area contributed by atoms with Crippen molar-refractivity contribution in [3.8, 4) is 0 Å². The zero-order valence-electron chi connectivity index (χ0n) is 18.3. The third-order valence-electron chi connectivity index (χ3n) is 5.33. The lowest BCUT2D eigenvalue weighted by Crippen LogP contribution is -2.46. The van der Waals surface area contributed by atoms with Crippen LogP contribution in [0.4, 0.5) is 0 Å². The van der Waals surface area contributed by atoms with Crippen molar-refractivity contribution in [2.24, 2.45) is 0 Å². The number of hydrogen-bond donors (Lipinski definition) is 0. The maximum absolute atomic E-state index is 12.9. The summed E-state index contributed by atoms with van der Waals surface area (Å²) in [5.74, 6) is -3.73. The minimum atomic E-state index is -3.55. The van der Waals surface area contributed by atoms with Crippen molar-refractivity contribution in [2.45, 2.75) is 25.8 Å². The fourth-order valence-electron chi connectivity index (χ4n) is 3.46. The van der Waals surface area contributed by atoms with E-state index in [9.17, 15) is 27.6 Å². The zero-order chi connectivity index (χ0) is 25.2. The van der Waals surface area contributed by atoms with Crippen LogP contribution in [0.15, 0.2) is 36.4 Å². The van der Waals surface area contributed by atoms with E-state index < -0.39 is 58.2 Å². The van der Waals surface area contributed by atoms with Crippen molar-refractivity contribution >= 4 is 56.6 Å². The fourth-order valence-corrected chi connectivity index (χ4v) is 4.43. The lowest BCUT2D eigenvalue weighted by atomic mass is 10.1. The van der Waals surface area contributed by atoms with Gasteiger partial charge in [-0.05, 0) is 30.5 Å². The molecule has 0 saturated carbocycles. The van der Waals surface area contributed by atoms with Crippen LogP contribution in [0.5, 0.6) is 0 Å². The Balaban J connectivity index is 1.82. The predicted octanol–water partition coefficient (Wildman–Crippen LogP) is 3.38. The number of sulfone groups is 1. The first-order valence-electron chi connectivity index (χ1n) is 10.3. The van der Waals surface area contributed by atoms with Crippen LogP contribution in [-0.4, -0.2) is 61.5 Å². The van der Waals surface area contributed by atoms with Crippen LogP contribution in [0, 0.1) is 0 Å². The SMILES string of the molecule is CCc1ccc(C(=O)COC(=O)[C@@H](CCS(C)(=O)=O)N2C(=O)c3cc(Cl)c(Cl)cc3C2=O)cc1. The number of amides is 2. The van der Waals surface area contributed by atoms with Gasteiger partial charge in [0, 0.05) is 11.8 Å². The molecule has 2 aromatic rings. The van der Waals surface area contributed by atoms with E-state index >= 15 is 0 Å². The van der Waals surface area contributed by atoms with Crippen LogP contribution in [0.3, 0.4) is 0 Å². The molecule has 0 saturated heterocycles. The normalized spacial score (nSPS) is 14.2. The summed E-state index contributed by atoms with van der Waals surface area (Å²) in [6.45, 7) is 1.33. The number of fused-ring (bicyclic) bond motifs is 1. The van der Waals surface area contributed by atoms with Crippen LogP contribution in [0.1, 0.15) is 50.0 Å². The van der Waals surface area contributed by atoms with Crippen LogP contribution in [-0.2, 0) is 25.8 Å². The summed E-state index contributed by atoms with van der Waals surface area (Å²) >= 11 is 11.9. The topological polar surface area (TPSA) is 115 Å². The standard InChI is InChI=1S/C23H21Cl2NO7S/c1-3-13-4-6-14(7-5-13)20(27)12-33-23(30)19(8-9-34(2,31)32)26-21(28)15-10-17(24)18(25)11-16(15)22(26)29/h4-7,10-11,19H,3,8-9,12H2,1-2H3/t19-/m1/s1. The molecule has 34 heavy (non-hydrogen) atoms. The highest BCUT2D eigenvalue weighted by atomic mass is 35.5. The molecule has 1 heterocycles. The van der Waals surface area contributed by atoms with Crippen LogP contribution < -0.4 is 0 Å². The van der Waals surface area contributed by atoms with Gasteiger partial charge in [0.2, 0.25) is 0 Å². The first kappa shape index (κ1) is 25.9. The van der Waals surface area contributed by atoms with Gasteiger partial charge in [-0.1, -0.05) is 54.4 Å². The monoisotopic (exact) mass is 525 g/mol. The average Bonchev–Trinajstić information content (AvgIpc) is 3.01. The maximum Gasteiger partial charge on any atom is 0.329 e. The van der Waals surface area contributed by atoms with E-state index in [1.165, 1.54) is 12.1 Å². The van der Waals surface area contributed by atoms with Gasteiger partial charge in [0.05, 0.1) is 26.9 Å². The number of benzene rings is 2. The molecule has 1 atom stereocenters. The van der Waals surface area contributed by atoms with Crippen molar-refractivity contribution in [3.63, 3.8) is 0 Å². The predicted molar refractivity (Wildman–Crippen MR) is 126 cm³/mol. The molecule has 11 heteroatoms. The molecule has 0 unspecified atom stereocenters. The van der Waals surface area contributed by atoms with Crippen LogP contribution >= 0.6 is 23.2 Å². The molecule has 0 aliphatic carbocycles. The van der Waals surface area contributed by atoms with E-state index in [-0.39, 0.29) is 21.2 Å². The van der Waals surface area contributed by atoms with Gasteiger partial charge in [0.25, 0.3) is 11.8 Å². The number of ketones is 1. The van der Waals surface area contributed by atoms with Crippen LogP contribution in [0.2, 0.25) is 10.0 Å². The Hall–Kier alpha value is -2.75. The van der Waals surface area contributed by atoms with Crippen molar-refractivity contribution in [3.05, 3.63) is 68.7 Å². The van der Waals surface area contributed by atoms with E-state index in [4.69, 9.17) is 27.9 Å². The summed E-state index contributed by atoms with van der Waals surface area (Å²) in [7, 11) is -3.55. The molecule has 0 aromatic heterocycles. The summed E-state index contributed by atoms with van der Waals surface area (Å²) in [4.78, 5) is 51.8. The number of imide groups is 1. The lowest BCUT2D eigenvalue weighted by molar-refractivity contribution is -0.147. The zero-order valence-corrected chi connectivity index (χ0v) is 20.7. The van der Waals surface area contributed by atoms with Crippen molar-refractivity contribution in [2.75, 3.05) is 18.6 Å². The van der Waals surface area contributed by atoms with Gasteiger partial charge in [0.15, 0.2) is 12.4 Å². The molecular weight excluding hydrogens is 505 g/mol. The second-order valence-corrected chi connectivity index (χ2v) is 10.9. The number of hydrogen-bond acceptors (Lipinski definition) is 7. The molecule has 2 aromatic carbocycles. The van der Waals surface area contributed by atoms with E-state index in [1.807, 2.05) is 6.92 Å². The first-order valence-corrected chi connectivity index (χ1v) is 13.1. The highest BCUT2D eigenvalue weighted by Gasteiger charge is 2.44. The molecule has 3 rings (SSSR count). The number of aryl methyl sites for hydroxylation is 1. The highest BCUT2D eigenvalue weighted by molar-refractivity contribution is 7.90. The van der Waals surface area contributed by atoms with Gasteiger partial charge >= 0.3 is 5.97 Å². The van der Waals surface area contributed by atoms with Crippen LogP contribution in [0.25, 0.3) is 0 Å². The van der Waals surface area contributed by atoms with Gasteiger partial charge in [-0.25, -0.2) is 13.2 Å². The lowest BCUT2D eigenvalue weighted by Gasteiger charge is -2.24. The summed E-state index contributed by atoms with van der Waals surface area (Å²) in [5, 5.41) is 0.0803. The number of rotatable bonds is 9. The minimum absolute atomic E-state index is 0.0402. The second kappa shape index (κ2) is 10.2. The van der Waals surface area contributed by atoms with E-state index in [0.717, 1.165) is 18.2 Å².